The van der Waals surface area contributed by atoms with E-state index in [1.165, 1.54) is 64.2 Å². The van der Waals surface area contributed by atoms with Gasteiger partial charge >= 0.3 is 0 Å². The Morgan fingerprint density at radius 1 is 0.952 bits per heavy atom. The maximum absolute atomic E-state index is 2.34. The van der Waals surface area contributed by atoms with Crippen LogP contribution < -0.4 is 14.7 Å². The zero-order valence-corrected chi connectivity index (χ0v) is 13.8. The van der Waals surface area contributed by atoms with Gasteiger partial charge < -0.3 is 14.7 Å². The van der Waals surface area contributed by atoms with E-state index in [0.29, 0.717) is 0 Å². The molecule has 1 aromatic rings. The van der Waals surface area contributed by atoms with Crippen LogP contribution in [0, 0.1) is 6.92 Å². The molecule has 3 heteroatoms. The number of piperidine rings is 1. The fraction of sp³-hybridized carbons (Fsp3) is 0.667. The molecule has 0 saturated carbocycles. The predicted octanol–water partition coefficient (Wildman–Crippen LogP) is -2.04. The summed E-state index contributed by atoms with van der Waals surface area (Å²) in [7, 11) is 2.34. The normalized spacial score (nSPS) is 33.8. The van der Waals surface area contributed by atoms with Crippen molar-refractivity contribution in [2.24, 2.45) is 0 Å². The van der Waals surface area contributed by atoms with Crippen LogP contribution in [0.1, 0.15) is 24.0 Å². The average molecular weight is 290 g/mol. The molecule has 21 heavy (non-hydrogen) atoms. The fourth-order valence-electron chi connectivity index (χ4n) is 4.09. The van der Waals surface area contributed by atoms with Crippen LogP contribution in [0.4, 0.5) is 0 Å². The van der Waals surface area contributed by atoms with Crippen molar-refractivity contribution >= 4 is 0 Å². The highest BCUT2D eigenvalue weighted by Gasteiger charge is 2.32. The number of hydrogen-bond donors (Lipinski definition) is 3. The quantitative estimate of drug-likeness (QED) is 0.568. The van der Waals surface area contributed by atoms with E-state index in [1.807, 2.05) is 4.90 Å². The molecule has 2 aliphatic rings. The fourth-order valence-corrected chi connectivity index (χ4v) is 4.09. The van der Waals surface area contributed by atoms with Crippen molar-refractivity contribution in [3.63, 3.8) is 0 Å². The Kier molecular flexibility index (Phi) is 4.94. The molecule has 0 aliphatic carbocycles. The Labute approximate surface area is 129 Å². The van der Waals surface area contributed by atoms with E-state index in [1.54, 1.807) is 15.4 Å². The van der Waals surface area contributed by atoms with Gasteiger partial charge in [0, 0.05) is 18.4 Å². The number of likely N-dealkylation sites (tertiary alicyclic amines) is 1. The van der Waals surface area contributed by atoms with E-state index in [9.17, 15) is 0 Å². The molecular formula is C18H32N3+3. The number of rotatable bonds is 3. The zero-order chi connectivity index (χ0) is 14.7. The van der Waals surface area contributed by atoms with E-state index < -0.39 is 0 Å². The lowest BCUT2D eigenvalue weighted by Gasteiger charge is -2.37. The number of benzene rings is 1. The lowest BCUT2D eigenvalue weighted by Crippen LogP contribution is -3.29. The van der Waals surface area contributed by atoms with Crippen molar-refractivity contribution in [3.8, 4) is 0 Å². The van der Waals surface area contributed by atoms with Crippen LogP contribution in [0.15, 0.2) is 24.3 Å². The van der Waals surface area contributed by atoms with Crippen LogP contribution >= 0.6 is 0 Å². The molecule has 0 amide bonds. The van der Waals surface area contributed by atoms with Gasteiger partial charge in [-0.25, -0.2) is 0 Å². The maximum Gasteiger partial charge on any atom is 0.127 e. The number of nitrogens with one attached hydrogen (secondary N) is 3. The lowest BCUT2D eigenvalue weighted by molar-refractivity contribution is -1.02. The number of piperazine rings is 1. The van der Waals surface area contributed by atoms with Crippen LogP contribution in [0.5, 0.6) is 0 Å². The van der Waals surface area contributed by atoms with Gasteiger partial charge in [-0.05, 0) is 12.5 Å². The lowest BCUT2D eigenvalue weighted by atomic mass is 10.0. The smallest absolute Gasteiger partial charge is 0.127 e. The van der Waals surface area contributed by atoms with Crippen molar-refractivity contribution < 1.29 is 14.7 Å². The van der Waals surface area contributed by atoms with Crippen LogP contribution in [-0.4, -0.2) is 52.4 Å². The Balaban J connectivity index is 1.48. The highest BCUT2D eigenvalue weighted by molar-refractivity contribution is 5.24. The second kappa shape index (κ2) is 6.91. The van der Waals surface area contributed by atoms with E-state index >= 15 is 0 Å². The van der Waals surface area contributed by atoms with Gasteiger partial charge in [0.25, 0.3) is 0 Å². The third-order valence-corrected chi connectivity index (χ3v) is 5.72. The highest BCUT2D eigenvalue weighted by Crippen LogP contribution is 2.05. The zero-order valence-electron chi connectivity index (χ0n) is 13.8. The van der Waals surface area contributed by atoms with Crippen LogP contribution in [0.2, 0.25) is 0 Å². The van der Waals surface area contributed by atoms with Gasteiger partial charge in [-0.15, -0.1) is 0 Å². The van der Waals surface area contributed by atoms with E-state index in [2.05, 4.69) is 38.2 Å². The van der Waals surface area contributed by atoms with E-state index in [-0.39, 0.29) is 0 Å². The molecule has 3 nitrogen and oxygen atoms in total. The summed E-state index contributed by atoms with van der Waals surface area (Å²) in [6.07, 6.45) is 2.85. The Morgan fingerprint density at radius 3 is 2.29 bits per heavy atom. The second-order valence-electron chi connectivity index (χ2n) is 7.24. The number of aryl methyl sites for hydroxylation is 1. The minimum absolute atomic E-state index is 0.943. The van der Waals surface area contributed by atoms with Gasteiger partial charge in [-0.1, -0.05) is 24.3 Å². The molecule has 2 heterocycles. The second-order valence-corrected chi connectivity index (χ2v) is 7.24. The van der Waals surface area contributed by atoms with Crippen LogP contribution in [-0.2, 0) is 6.54 Å². The first kappa shape index (κ1) is 15.0. The van der Waals surface area contributed by atoms with E-state index in [0.717, 1.165) is 6.04 Å². The largest absolute Gasteiger partial charge is 0.331 e. The monoisotopic (exact) mass is 290 g/mol. The van der Waals surface area contributed by atoms with E-state index in [4.69, 9.17) is 0 Å². The van der Waals surface area contributed by atoms with Gasteiger partial charge in [-0.3, -0.25) is 0 Å². The molecular weight excluding hydrogens is 258 g/mol. The van der Waals surface area contributed by atoms with Crippen molar-refractivity contribution in [1.82, 2.24) is 0 Å². The molecule has 116 valence electrons. The molecule has 0 aromatic heterocycles. The molecule has 0 unspecified atom stereocenters. The topological polar surface area (TPSA) is 13.3 Å². The summed E-state index contributed by atoms with van der Waals surface area (Å²) in [4.78, 5) is 5.41. The maximum atomic E-state index is 2.34. The van der Waals surface area contributed by atoms with Crippen LogP contribution in [0.25, 0.3) is 0 Å². The molecule has 2 aliphatic heterocycles. The molecule has 2 saturated heterocycles. The molecule has 0 bridgehead atoms. The molecule has 0 atom stereocenters. The van der Waals surface area contributed by atoms with Gasteiger partial charge in [0.05, 0.1) is 26.2 Å². The molecule has 2 fully saturated rings. The summed E-state index contributed by atoms with van der Waals surface area (Å²) in [6.45, 7) is 11.7. The van der Waals surface area contributed by atoms with Crippen molar-refractivity contribution in [1.29, 1.82) is 0 Å². The summed E-state index contributed by atoms with van der Waals surface area (Å²) >= 11 is 0. The average Bonchev–Trinajstić information content (AvgIpc) is 2.51. The van der Waals surface area contributed by atoms with Gasteiger partial charge in [0.2, 0.25) is 0 Å². The first-order valence-electron chi connectivity index (χ1n) is 8.76. The van der Waals surface area contributed by atoms with Crippen LogP contribution in [0.3, 0.4) is 0 Å². The van der Waals surface area contributed by atoms with Crippen molar-refractivity contribution in [2.75, 3.05) is 46.3 Å². The minimum atomic E-state index is 0.943. The third kappa shape index (κ3) is 3.85. The first-order valence-corrected chi connectivity index (χ1v) is 8.76. The van der Waals surface area contributed by atoms with Gasteiger partial charge in [0.1, 0.15) is 32.7 Å². The summed E-state index contributed by atoms with van der Waals surface area (Å²) < 4.78 is 0. The SMILES string of the molecule is Cc1ccccc1C[NH+]1CCC([NH+]2CC[NH+](C)CC2)CC1. The summed E-state index contributed by atoms with van der Waals surface area (Å²) in [5, 5.41) is 0. The van der Waals surface area contributed by atoms with Crippen molar-refractivity contribution in [2.45, 2.75) is 32.4 Å². The summed E-state index contributed by atoms with van der Waals surface area (Å²) in [6, 6.07) is 9.84. The minimum Gasteiger partial charge on any atom is -0.331 e. The Hall–Kier alpha value is -0.900. The number of likely N-dealkylation sites (N-methyl/N-ethyl adjacent to an activating group) is 1. The molecule has 1 aromatic carbocycles. The summed E-state index contributed by atoms with van der Waals surface area (Å²) in [5.41, 5.74) is 3.00. The molecule has 3 rings (SSSR count). The van der Waals surface area contributed by atoms with Crippen molar-refractivity contribution in [3.05, 3.63) is 35.4 Å². The molecule has 0 radical (unpaired) electrons. The Bertz CT molecular complexity index is 444. The molecule has 3 N–H and O–H groups in total. The third-order valence-electron chi connectivity index (χ3n) is 5.72. The Morgan fingerprint density at radius 2 is 1.62 bits per heavy atom. The standard InChI is InChI=1S/C18H29N3/c1-16-5-3-4-6-17(16)15-20-9-7-18(8-10-20)21-13-11-19(2)12-14-21/h3-6,18H,7-15H2,1-2H3/p+3. The summed E-state index contributed by atoms with van der Waals surface area (Å²) in [5.74, 6) is 0. The van der Waals surface area contributed by atoms with Gasteiger partial charge in [-0.2, -0.15) is 0 Å². The molecule has 0 spiro atoms. The highest BCUT2D eigenvalue weighted by atomic mass is 15.3. The number of hydrogen-bond acceptors (Lipinski definition) is 0. The number of quaternary nitrogens is 3. The van der Waals surface area contributed by atoms with Gasteiger partial charge in [0.15, 0.2) is 0 Å². The predicted molar refractivity (Wildman–Crippen MR) is 85.9 cm³/mol. The first-order chi connectivity index (χ1) is 10.2.